The van der Waals surface area contributed by atoms with Crippen LogP contribution in [-0.4, -0.2) is 29.6 Å². The summed E-state index contributed by atoms with van der Waals surface area (Å²) in [5.74, 6) is 0. The lowest BCUT2D eigenvalue weighted by molar-refractivity contribution is 0.630. The number of hydrogen-bond donors (Lipinski definition) is 0. The van der Waals surface area contributed by atoms with Crippen molar-refractivity contribution < 1.29 is 0 Å². The maximum absolute atomic E-state index is 13.5. The van der Waals surface area contributed by atoms with Gasteiger partial charge in [0.05, 0.1) is 16.6 Å². The molecule has 0 spiro atoms. The van der Waals surface area contributed by atoms with Gasteiger partial charge in [-0.3, -0.25) is 9.48 Å². The van der Waals surface area contributed by atoms with Gasteiger partial charge in [-0.15, -0.1) is 5.10 Å². The predicted octanol–water partition coefficient (Wildman–Crippen LogP) is 4.34. The second-order valence-electron chi connectivity index (χ2n) is 7.60. The molecule has 0 bridgehead atoms. The molecule has 0 aliphatic rings. The molecule has 0 atom stereocenters. The average molecular weight is 455 g/mol. The first-order valence-corrected chi connectivity index (χ1v) is 11.4. The zero-order valence-corrected chi connectivity index (χ0v) is 19.1. The molecule has 7 nitrogen and oxygen atoms in total. The van der Waals surface area contributed by atoms with Crippen molar-refractivity contribution in [2.75, 3.05) is 0 Å². The van der Waals surface area contributed by atoms with E-state index in [1.165, 1.54) is 11.8 Å². The van der Waals surface area contributed by atoms with E-state index < -0.39 is 0 Å². The zero-order valence-electron chi connectivity index (χ0n) is 18.2. The molecule has 164 valence electrons. The fourth-order valence-electron chi connectivity index (χ4n) is 3.88. The first-order chi connectivity index (χ1) is 16.1. The van der Waals surface area contributed by atoms with Gasteiger partial charge < -0.3 is 0 Å². The molecule has 0 N–H and O–H groups in total. The quantitative estimate of drug-likeness (QED) is 0.357. The molecule has 0 saturated carbocycles. The third-order valence-corrected chi connectivity index (χ3v) is 6.85. The summed E-state index contributed by atoms with van der Waals surface area (Å²) < 4.78 is 5.02. The zero-order chi connectivity index (χ0) is 22.8. The highest BCUT2D eigenvalue weighted by Gasteiger charge is 2.25. The Hall–Kier alpha value is -3.91. The topological polar surface area (TPSA) is 70.5 Å². The Morgan fingerprint density at radius 2 is 1.36 bits per heavy atom. The van der Waals surface area contributed by atoms with Crippen LogP contribution in [0.2, 0.25) is 0 Å². The summed E-state index contributed by atoms with van der Waals surface area (Å²) in [5, 5.41) is 12.9. The van der Waals surface area contributed by atoms with Gasteiger partial charge >= 0.3 is 0 Å². The molecule has 0 radical (unpaired) electrons. The van der Waals surface area contributed by atoms with E-state index in [1.807, 2.05) is 85.4 Å². The fourth-order valence-corrected chi connectivity index (χ4v) is 4.99. The van der Waals surface area contributed by atoms with Crippen LogP contribution in [0.5, 0.6) is 0 Å². The van der Waals surface area contributed by atoms with Crippen LogP contribution in [0.1, 0.15) is 22.1 Å². The molecule has 5 aromatic rings. The molecule has 0 saturated heterocycles. The third-order valence-electron chi connectivity index (χ3n) is 5.60. The molecule has 0 aliphatic heterocycles. The molecule has 2 heterocycles. The van der Waals surface area contributed by atoms with Crippen molar-refractivity contribution in [1.29, 1.82) is 0 Å². The highest BCUT2D eigenvalue weighted by Crippen LogP contribution is 2.39. The summed E-state index contributed by atoms with van der Waals surface area (Å²) in [6.45, 7) is 1.90. The van der Waals surface area contributed by atoms with Crippen molar-refractivity contribution >= 4 is 11.8 Å². The number of hydrogen-bond acceptors (Lipinski definition) is 5. The summed E-state index contributed by atoms with van der Waals surface area (Å²) in [6, 6.07) is 30.0. The molecule has 5 rings (SSSR count). The van der Waals surface area contributed by atoms with Gasteiger partial charge in [0.25, 0.3) is 5.56 Å². The molecule has 0 amide bonds. The number of thioether (sulfide) groups is 1. The van der Waals surface area contributed by atoms with Crippen LogP contribution in [0.25, 0.3) is 11.4 Å². The minimum Gasteiger partial charge on any atom is -0.283 e. The number of rotatable bonds is 6. The number of tetrazole rings is 1. The Balaban J connectivity index is 1.60. The van der Waals surface area contributed by atoms with E-state index in [9.17, 15) is 4.79 Å². The van der Waals surface area contributed by atoms with Crippen LogP contribution in [0.15, 0.2) is 101 Å². The summed E-state index contributed by atoms with van der Waals surface area (Å²) in [4.78, 5) is 13.5. The molecule has 33 heavy (non-hydrogen) atoms. The van der Waals surface area contributed by atoms with E-state index in [0.717, 1.165) is 22.5 Å². The smallest absolute Gasteiger partial charge is 0.283 e. The van der Waals surface area contributed by atoms with Crippen molar-refractivity contribution in [2.45, 2.75) is 17.3 Å². The lowest BCUT2D eigenvalue weighted by atomic mass is 10.0. The average Bonchev–Trinajstić information content (AvgIpc) is 3.40. The minimum absolute atomic E-state index is 0.0301. The van der Waals surface area contributed by atoms with Crippen LogP contribution in [-0.2, 0) is 7.05 Å². The van der Waals surface area contributed by atoms with Gasteiger partial charge in [-0.2, -0.15) is 4.68 Å². The van der Waals surface area contributed by atoms with Gasteiger partial charge in [-0.05, 0) is 40.6 Å². The van der Waals surface area contributed by atoms with Crippen LogP contribution >= 0.6 is 11.8 Å². The Kier molecular flexibility index (Phi) is 5.66. The highest BCUT2D eigenvalue weighted by molar-refractivity contribution is 7.99. The fraction of sp³-hybridized carbons (Fsp3) is 0.120. The third kappa shape index (κ3) is 3.89. The number of aromatic nitrogens is 6. The van der Waals surface area contributed by atoms with Gasteiger partial charge in [0.2, 0.25) is 5.16 Å². The highest BCUT2D eigenvalue weighted by atomic mass is 32.2. The van der Waals surface area contributed by atoms with Crippen LogP contribution < -0.4 is 5.56 Å². The molecule has 0 unspecified atom stereocenters. The van der Waals surface area contributed by atoms with Gasteiger partial charge in [-0.1, -0.05) is 90.6 Å². The van der Waals surface area contributed by atoms with Crippen molar-refractivity contribution in [2.24, 2.45) is 7.05 Å². The Morgan fingerprint density at radius 3 is 1.94 bits per heavy atom. The van der Waals surface area contributed by atoms with Crippen molar-refractivity contribution in [3.05, 3.63) is 118 Å². The first-order valence-electron chi connectivity index (χ1n) is 10.5. The molecular weight excluding hydrogens is 432 g/mol. The van der Waals surface area contributed by atoms with E-state index >= 15 is 0 Å². The molecule has 3 aromatic carbocycles. The standard InChI is InChI=1S/C25H22N6OS/c1-18-22(24(32)31(29(18)2)21-16-10-5-11-17-21)30-25(26-27-28-30)33-23(19-12-6-3-7-13-19)20-14-8-4-9-15-20/h3-17,23H,1-2H3. The Morgan fingerprint density at radius 1 is 0.818 bits per heavy atom. The van der Waals surface area contributed by atoms with Gasteiger partial charge in [-0.25, -0.2) is 4.68 Å². The molecule has 8 heteroatoms. The second-order valence-corrected chi connectivity index (χ2v) is 8.67. The van der Waals surface area contributed by atoms with E-state index in [0.29, 0.717) is 10.8 Å². The first kappa shape index (κ1) is 21.0. The summed E-state index contributed by atoms with van der Waals surface area (Å²) >= 11 is 1.52. The summed E-state index contributed by atoms with van der Waals surface area (Å²) in [6.07, 6.45) is 0. The van der Waals surface area contributed by atoms with Gasteiger partial charge in [0.15, 0.2) is 5.69 Å². The maximum Gasteiger partial charge on any atom is 0.297 e. The maximum atomic E-state index is 13.5. The van der Waals surface area contributed by atoms with Crippen molar-refractivity contribution in [3.63, 3.8) is 0 Å². The number of nitrogens with zero attached hydrogens (tertiary/aromatic N) is 6. The van der Waals surface area contributed by atoms with Gasteiger partial charge in [0.1, 0.15) is 0 Å². The van der Waals surface area contributed by atoms with Gasteiger partial charge in [0, 0.05) is 7.05 Å². The van der Waals surface area contributed by atoms with Crippen LogP contribution in [0, 0.1) is 6.92 Å². The molecule has 0 fully saturated rings. The normalized spacial score (nSPS) is 11.2. The Bertz CT molecular complexity index is 1390. The predicted molar refractivity (Wildman–Crippen MR) is 129 cm³/mol. The van der Waals surface area contributed by atoms with Crippen LogP contribution in [0.4, 0.5) is 0 Å². The Labute approximate surface area is 195 Å². The summed E-state index contributed by atoms with van der Waals surface area (Å²) in [5.41, 5.74) is 4.09. The molecular formula is C25H22N6OS. The second kappa shape index (κ2) is 8.91. The van der Waals surface area contributed by atoms with Crippen molar-refractivity contribution in [1.82, 2.24) is 29.6 Å². The molecule has 2 aromatic heterocycles. The van der Waals surface area contributed by atoms with E-state index in [1.54, 1.807) is 9.36 Å². The van der Waals surface area contributed by atoms with E-state index in [4.69, 9.17) is 0 Å². The lowest BCUT2D eigenvalue weighted by Crippen LogP contribution is -2.22. The van der Waals surface area contributed by atoms with E-state index in [2.05, 4.69) is 39.8 Å². The van der Waals surface area contributed by atoms with Crippen LogP contribution in [0.3, 0.4) is 0 Å². The largest absolute Gasteiger partial charge is 0.297 e. The number of para-hydroxylation sites is 1. The minimum atomic E-state index is -0.175. The SMILES string of the molecule is Cc1c(-n2nnnc2SC(c2ccccc2)c2ccccc2)c(=O)n(-c2ccccc2)n1C. The monoisotopic (exact) mass is 454 g/mol. The summed E-state index contributed by atoms with van der Waals surface area (Å²) in [7, 11) is 1.86. The molecule has 0 aliphatic carbocycles. The number of benzene rings is 3. The van der Waals surface area contributed by atoms with E-state index in [-0.39, 0.29) is 10.8 Å². The van der Waals surface area contributed by atoms with Crippen molar-refractivity contribution in [3.8, 4) is 11.4 Å². The lowest BCUT2D eigenvalue weighted by Gasteiger charge is -2.16.